The second-order valence-corrected chi connectivity index (χ2v) is 4.77. The Morgan fingerprint density at radius 1 is 1.53 bits per heavy atom. The van der Waals surface area contributed by atoms with Gasteiger partial charge in [-0.1, -0.05) is 6.92 Å². The molecular weight excluding hydrogens is 216 g/mol. The van der Waals surface area contributed by atoms with Gasteiger partial charge in [-0.25, -0.2) is 0 Å². The molecule has 1 aliphatic rings. The van der Waals surface area contributed by atoms with E-state index < -0.39 is 0 Å². The largest absolute Gasteiger partial charge is 0.469 e. The van der Waals surface area contributed by atoms with Gasteiger partial charge in [-0.15, -0.1) is 0 Å². The molecule has 0 amide bonds. The van der Waals surface area contributed by atoms with Crippen molar-refractivity contribution >= 4 is 12.0 Å². The maximum Gasteiger partial charge on any atom is 0.137 e. The Kier molecular flexibility index (Phi) is 3.31. The van der Waals surface area contributed by atoms with Crippen LogP contribution < -0.4 is 0 Å². The molecule has 0 aliphatic heterocycles. The summed E-state index contributed by atoms with van der Waals surface area (Å²) in [5, 5.41) is 6.01. The third-order valence-corrected chi connectivity index (χ3v) is 3.35. The predicted molar refractivity (Wildman–Crippen MR) is 65.9 cm³/mol. The molecule has 0 saturated heterocycles. The summed E-state index contributed by atoms with van der Waals surface area (Å²) < 4.78 is 5.42. The molecule has 3 atom stereocenters. The summed E-state index contributed by atoms with van der Waals surface area (Å²) in [6.45, 7) is 1.97. The molecule has 4 nitrogen and oxygen atoms in total. The smallest absolute Gasteiger partial charge is 0.137 e. The Hall–Kier alpha value is -1.58. The Balaban J connectivity index is 2.22. The lowest BCUT2D eigenvalue weighted by Crippen LogP contribution is -2.17. The van der Waals surface area contributed by atoms with Crippen molar-refractivity contribution in [3.63, 3.8) is 0 Å². The first-order valence-corrected chi connectivity index (χ1v) is 5.87. The van der Waals surface area contributed by atoms with Crippen LogP contribution in [0.25, 0.3) is 0 Å². The van der Waals surface area contributed by atoms with Crippen molar-refractivity contribution in [3.05, 3.63) is 24.2 Å². The highest BCUT2D eigenvalue weighted by molar-refractivity contribution is 5.89. The molecule has 1 aromatic heterocycles. The van der Waals surface area contributed by atoms with E-state index in [0.29, 0.717) is 12.2 Å². The van der Waals surface area contributed by atoms with Crippen molar-refractivity contribution < 1.29 is 9.21 Å². The lowest BCUT2D eigenvalue weighted by Gasteiger charge is -2.16. The zero-order valence-corrected chi connectivity index (χ0v) is 10.5. The van der Waals surface area contributed by atoms with Gasteiger partial charge < -0.3 is 9.43 Å². The average molecular weight is 234 g/mol. The van der Waals surface area contributed by atoms with Crippen LogP contribution in [-0.2, 0) is 4.79 Å². The number of carbonyl (C=O) groups excluding carboxylic acids is 1. The topological polar surface area (TPSA) is 45.8 Å². The molecule has 1 heterocycles. The van der Waals surface area contributed by atoms with Crippen LogP contribution in [0.15, 0.2) is 27.9 Å². The van der Waals surface area contributed by atoms with Crippen molar-refractivity contribution in [2.45, 2.75) is 19.3 Å². The summed E-state index contributed by atoms with van der Waals surface area (Å²) in [4.78, 5) is 11.8. The first kappa shape index (κ1) is 11.9. The van der Waals surface area contributed by atoms with Gasteiger partial charge in [0.25, 0.3) is 0 Å². The highest BCUT2D eigenvalue weighted by Gasteiger charge is 2.40. The molecule has 2 rings (SSSR count). The molecule has 1 aromatic rings. The average Bonchev–Trinajstić information content (AvgIpc) is 2.87. The fourth-order valence-electron chi connectivity index (χ4n) is 2.34. The molecule has 17 heavy (non-hydrogen) atoms. The number of rotatable bonds is 3. The molecule has 0 unspecified atom stereocenters. The van der Waals surface area contributed by atoms with Crippen molar-refractivity contribution in [2.75, 3.05) is 14.1 Å². The van der Waals surface area contributed by atoms with Gasteiger partial charge in [0.2, 0.25) is 0 Å². The van der Waals surface area contributed by atoms with Crippen LogP contribution in [0.5, 0.6) is 0 Å². The zero-order chi connectivity index (χ0) is 12.4. The van der Waals surface area contributed by atoms with E-state index in [4.69, 9.17) is 4.42 Å². The minimum Gasteiger partial charge on any atom is -0.469 e. The van der Waals surface area contributed by atoms with Gasteiger partial charge in [0.05, 0.1) is 6.26 Å². The Bertz CT molecular complexity index is 409. The minimum atomic E-state index is 0.0220. The molecule has 0 N–H and O–H groups in total. The van der Waals surface area contributed by atoms with Crippen molar-refractivity contribution in [1.29, 1.82) is 0 Å². The number of hydrogen-bond acceptors (Lipinski definition) is 4. The van der Waals surface area contributed by atoms with Crippen LogP contribution in [0.1, 0.15) is 25.0 Å². The molecule has 1 saturated carbocycles. The zero-order valence-electron chi connectivity index (χ0n) is 10.5. The van der Waals surface area contributed by atoms with Crippen LogP contribution in [0.3, 0.4) is 0 Å². The van der Waals surface area contributed by atoms with Gasteiger partial charge >= 0.3 is 0 Å². The van der Waals surface area contributed by atoms with E-state index in [1.807, 2.05) is 39.4 Å². The van der Waals surface area contributed by atoms with Gasteiger partial charge in [-0.3, -0.25) is 4.79 Å². The number of furan rings is 1. The maximum atomic E-state index is 11.8. The van der Waals surface area contributed by atoms with Crippen LogP contribution in [-0.4, -0.2) is 31.1 Å². The predicted octanol–water partition coefficient (Wildman–Crippen LogP) is 2.14. The molecular formula is C13H18N2O2. The second-order valence-electron chi connectivity index (χ2n) is 4.77. The molecule has 0 spiro atoms. The van der Waals surface area contributed by atoms with Crippen molar-refractivity contribution in [2.24, 2.45) is 16.9 Å². The third kappa shape index (κ3) is 2.40. The number of hydrogen-bond donors (Lipinski definition) is 0. The lowest BCUT2D eigenvalue weighted by molar-refractivity contribution is -0.120. The first-order valence-electron chi connectivity index (χ1n) is 5.87. The van der Waals surface area contributed by atoms with Crippen LogP contribution in [0.4, 0.5) is 0 Å². The van der Waals surface area contributed by atoms with E-state index in [0.717, 1.165) is 5.76 Å². The van der Waals surface area contributed by atoms with E-state index >= 15 is 0 Å². The quantitative estimate of drug-likeness (QED) is 0.594. The molecule has 0 radical (unpaired) electrons. The van der Waals surface area contributed by atoms with E-state index in [2.05, 4.69) is 5.10 Å². The number of hydrazone groups is 1. The fourth-order valence-corrected chi connectivity index (χ4v) is 2.34. The molecule has 0 aromatic carbocycles. The summed E-state index contributed by atoms with van der Waals surface area (Å²) in [5.74, 6) is 1.47. The molecule has 1 aliphatic carbocycles. The summed E-state index contributed by atoms with van der Waals surface area (Å²) in [6.07, 6.45) is 4.09. The monoisotopic (exact) mass is 234 g/mol. The molecule has 92 valence electrons. The highest BCUT2D eigenvalue weighted by Crippen LogP contribution is 2.40. The SMILES string of the molecule is C[C@H]1C(=O)C[C@@H](c2ccco2)[C@@H]1/C=N/N(C)C. The second kappa shape index (κ2) is 4.73. The van der Waals surface area contributed by atoms with Gasteiger partial charge in [-0.05, 0) is 12.1 Å². The fraction of sp³-hybridized carbons (Fsp3) is 0.538. The van der Waals surface area contributed by atoms with E-state index in [1.165, 1.54) is 0 Å². The molecule has 0 bridgehead atoms. The Labute approximate surface area is 101 Å². The standard InChI is InChI=1S/C13H18N2O2/c1-9-11(8-14-15(2)3)10(7-12(9)16)13-5-4-6-17-13/h4-6,8-11H,7H2,1-3H3/b14-8+/t9-,10-,11-/m1/s1. The summed E-state index contributed by atoms with van der Waals surface area (Å²) in [7, 11) is 3.75. The molecule has 1 fully saturated rings. The van der Waals surface area contributed by atoms with Gasteiger partial charge in [-0.2, -0.15) is 5.10 Å². The Morgan fingerprint density at radius 3 is 2.88 bits per heavy atom. The van der Waals surface area contributed by atoms with Gasteiger partial charge in [0, 0.05) is 44.5 Å². The van der Waals surface area contributed by atoms with E-state index in [9.17, 15) is 4.79 Å². The minimum absolute atomic E-state index is 0.0220. The van der Waals surface area contributed by atoms with E-state index in [1.54, 1.807) is 11.3 Å². The van der Waals surface area contributed by atoms with Crippen LogP contribution in [0.2, 0.25) is 0 Å². The number of Topliss-reactive ketones (excluding diaryl/α,β-unsaturated/α-hetero) is 1. The third-order valence-electron chi connectivity index (χ3n) is 3.35. The van der Waals surface area contributed by atoms with Crippen molar-refractivity contribution in [3.8, 4) is 0 Å². The first-order chi connectivity index (χ1) is 8.09. The van der Waals surface area contributed by atoms with Gasteiger partial charge in [0.1, 0.15) is 11.5 Å². The summed E-state index contributed by atoms with van der Waals surface area (Å²) >= 11 is 0. The highest BCUT2D eigenvalue weighted by atomic mass is 16.3. The van der Waals surface area contributed by atoms with Gasteiger partial charge in [0.15, 0.2) is 0 Å². The van der Waals surface area contributed by atoms with Crippen LogP contribution in [0, 0.1) is 11.8 Å². The summed E-state index contributed by atoms with van der Waals surface area (Å²) in [5.41, 5.74) is 0. The molecule has 4 heteroatoms. The maximum absolute atomic E-state index is 11.8. The number of carbonyl (C=O) groups is 1. The lowest BCUT2D eigenvalue weighted by atomic mass is 9.90. The summed E-state index contributed by atoms with van der Waals surface area (Å²) in [6, 6.07) is 3.80. The Morgan fingerprint density at radius 2 is 2.29 bits per heavy atom. The number of nitrogens with zero attached hydrogens (tertiary/aromatic N) is 2. The van der Waals surface area contributed by atoms with Crippen molar-refractivity contribution in [1.82, 2.24) is 5.01 Å². The normalized spacial score (nSPS) is 29.1. The number of ketones is 1. The van der Waals surface area contributed by atoms with E-state index in [-0.39, 0.29) is 17.8 Å². The van der Waals surface area contributed by atoms with Crippen LogP contribution >= 0.6 is 0 Å².